The molecule has 0 saturated carbocycles. The Balaban J connectivity index is 1.37. The molecule has 1 aliphatic heterocycles. The van der Waals surface area contributed by atoms with Gasteiger partial charge in [0.25, 0.3) is 0 Å². The minimum absolute atomic E-state index is 0.0370. The number of nitrogens with zero attached hydrogens (tertiary/aromatic N) is 6. The van der Waals surface area contributed by atoms with Crippen LogP contribution in [0.15, 0.2) is 41.3 Å². The van der Waals surface area contributed by atoms with E-state index in [9.17, 15) is 4.39 Å². The van der Waals surface area contributed by atoms with Crippen molar-refractivity contribution in [3.05, 3.63) is 48.6 Å². The van der Waals surface area contributed by atoms with Crippen LogP contribution in [0.25, 0.3) is 11.5 Å². The van der Waals surface area contributed by atoms with E-state index in [4.69, 9.17) is 9.15 Å². The summed E-state index contributed by atoms with van der Waals surface area (Å²) in [6.45, 7) is 3.38. The lowest BCUT2D eigenvalue weighted by atomic mass is 10.2. The van der Waals surface area contributed by atoms with Gasteiger partial charge in [-0.3, -0.25) is 9.58 Å². The molecule has 0 bridgehead atoms. The van der Waals surface area contributed by atoms with E-state index in [1.165, 1.54) is 18.5 Å². The van der Waals surface area contributed by atoms with Crippen LogP contribution in [0.1, 0.15) is 5.89 Å². The van der Waals surface area contributed by atoms with Crippen LogP contribution in [-0.2, 0) is 17.8 Å². The summed E-state index contributed by atoms with van der Waals surface area (Å²) in [4.78, 5) is 6.14. The van der Waals surface area contributed by atoms with Crippen molar-refractivity contribution < 1.29 is 13.5 Å². The summed E-state index contributed by atoms with van der Waals surface area (Å²) in [7, 11) is 0. The molecule has 3 aromatic rings. The van der Waals surface area contributed by atoms with Gasteiger partial charge in [0.05, 0.1) is 25.8 Å². The van der Waals surface area contributed by atoms with Crippen molar-refractivity contribution in [3.63, 3.8) is 0 Å². The molecule has 1 atom stereocenters. The summed E-state index contributed by atoms with van der Waals surface area (Å²) in [5, 5.41) is 12.2. The second-order valence-electron chi connectivity index (χ2n) is 5.85. The highest BCUT2D eigenvalue weighted by molar-refractivity contribution is 5.51. The van der Waals surface area contributed by atoms with Crippen LogP contribution in [0.4, 0.5) is 4.39 Å². The molecule has 2 aromatic heterocycles. The van der Waals surface area contributed by atoms with E-state index in [-0.39, 0.29) is 11.9 Å². The number of hydrogen-bond acceptors (Lipinski definition) is 7. The second kappa shape index (κ2) is 7.08. The van der Waals surface area contributed by atoms with Gasteiger partial charge >= 0.3 is 0 Å². The summed E-state index contributed by atoms with van der Waals surface area (Å²) in [6.07, 6.45) is 3.22. The maximum atomic E-state index is 13.0. The van der Waals surface area contributed by atoms with E-state index in [0.717, 1.165) is 13.1 Å². The molecule has 0 aliphatic carbocycles. The molecule has 4 rings (SSSR count). The Morgan fingerprint density at radius 2 is 2.08 bits per heavy atom. The molecule has 3 heterocycles. The number of benzene rings is 1. The topological polar surface area (TPSA) is 82.1 Å². The lowest BCUT2D eigenvalue weighted by Gasteiger charge is -2.31. The monoisotopic (exact) mass is 344 g/mol. The van der Waals surface area contributed by atoms with Crippen molar-refractivity contribution in [3.8, 4) is 11.5 Å². The van der Waals surface area contributed by atoms with Crippen LogP contribution in [-0.4, -0.2) is 55.7 Å². The zero-order valence-corrected chi connectivity index (χ0v) is 13.5. The Hall–Kier alpha value is -2.65. The Labute approximate surface area is 143 Å². The van der Waals surface area contributed by atoms with E-state index >= 15 is 0 Å². The number of halogens is 1. The van der Waals surface area contributed by atoms with Crippen molar-refractivity contribution in [1.82, 2.24) is 29.9 Å². The molecule has 1 fully saturated rings. The van der Waals surface area contributed by atoms with Gasteiger partial charge in [-0.25, -0.2) is 9.37 Å². The number of ether oxygens (including phenoxy) is 1. The third kappa shape index (κ3) is 3.89. The Morgan fingerprint density at radius 1 is 1.20 bits per heavy atom. The standard InChI is InChI=1S/C16H17FN6O2/c17-13-3-1-12(2-4-13)16-21-20-15(25-16)9-22-5-6-24-14(7-22)8-23-11-18-10-19-23/h1-4,10-11,14H,5-9H2/t14-/m0/s1. The van der Waals surface area contributed by atoms with Gasteiger partial charge in [-0.2, -0.15) is 5.10 Å². The molecule has 8 nitrogen and oxygen atoms in total. The van der Waals surface area contributed by atoms with Crippen LogP contribution in [0.5, 0.6) is 0 Å². The van der Waals surface area contributed by atoms with Crippen molar-refractivity contribution >= 4 is 0 Å². The fourth-order valence-electron chi connectivity index (χ4n) is 2.79. The molecule has 130 valence electrons. The van der Waals surface area contributed by atoms with Crippen LogP contribution < -0.4 is 0 Å². The molecule has 1 saturated heterocycles. The summed E-state index contributed by atoms with van der Waals surface area (Å²) >= 11 is 0. The van der Waals surface area contributed by atoms with E-state index < -0.39 is 0 Å². The van der Waals surface area contributed by atoms with Gasteiger partial charge in [-0.15, -0.1) is 10.2 Å². The summed E-state index contributed by atoms with van der Waals surface area (Å²) in [5.74, 6) is 0.624. The quantitative estimate of drug-likeness (QED) is 0.691. The molecule has 0 amide bonds. The van der Waals surface area contributed by atoms with Gasteiger partial charge in [0, 0.05) is 18.7 Å². The molecule has 1 aliphatic rings. The van der Waals surface area contributed by atoms with Crippen molar-refractivity contribution in [2.45, 2.75) is 19.2 Å². The summed E-state index contributed by atoms with van der Waals surface area (Å²) < 4.78 is 26.2. The highest BCUT2D eigenvalue weighted by Gasteiger charge is 2.23. The molecule has 0 spiro atoms. The third-order valence-electron chi connectivity index (χ3n) is 4.00. The fraction of sp³-hybridized carbons (Fsp3) is 0.375. The molecule has 25 heavy (non-hydrogen) atoms. The highest BCUT2D eigenvalue weighted by Crippen LogP contribution is 2.19. The predicted molar refractivity (Wildman–Crippen MR) is 84.7 cm³/mol. The molecular weight excluding hydrogens is 327 g/mol. The van der Waals surface area contributed by atoms with Gasteiger partial charge < -0.3 is 9.15 Å². The fourth-order valence-corrected chi connectivity index (χ4v) is 2.79. The molecule has 0 unspecified atom stereocenters. The molecular formula is C16H17FN6O2. The number of aromatic nitrogens is 5. The Morgan fingerprint density at radius 3 is 2.88 bits per heavy atom. The zero-order valence-electron chi connectivity index (χ0n) is 13.5. The minimum Gasteiger partial charge on any atom is -0.419 e. The predicted octanol–water partition coefficient (Wildman–Crippen LogP) is 1.37. The van der Waals surface area contributed by atoms with Crippen molar-refractivity contribution in [2.75, 3.05) is 19.7 Å². The molecule has 1 aromatic carbocycles. The van der Waals surface area contributed by atoms with Crippen LogP contribution in [0.3, 0.4) is 0 Å². The molecule has 0 radical (unpaired) electrons. The van der Waals surface area contributed by atoms with Crippen LogP contribution in [0.2, 0.25) is 0 Å². The smallest absolute Gasteiger partial charge is 0.247 e. The van der Waals surface area contributed by atoms with E-state index in [1.54, 1.807) is 23.1 Å². The third-order valence-corrected chi connectivity index (χ3v) is 4.00. The van der Waals surface area contributed by atoms with E-state index in [2.05, 4.69) is 25.2 Å². The SMILES string of the molecule is Fc1ccc(-c2nnc(CN3CCO[C@H](Cn4cncn4)C3)o2)cc1. The van der Waals surface area contributed by atoms with Gasteiger partial charge in [-0.1, -0.05) is 0 Å². The minimum atomic E-state index is -0.296. The van der Waals surface area contributed by atoms with Crippen LogP contribution in [0, 0.1) is 5.82 Å². The maximum Gasteiger partial charge on any atom is 0.247 e. The molecule has 0 N–H and O–H groups in total. The molecule has 9 heteroatoms. The average molecular weight is 344 g/mol. The van der Waals surface area contributed by atoms with Gasteiger partial charge in [0.1, 0.15) is 18.5 Å². The maximum absolute atomic E-state index is 13.0. The number of hydrogen-bond donors (Lipinski definition) is 0. The average Bonchev–Trinajstić information content (AvgIpc) is 3.28. The highest BCUT2D eigenvalue weighted by atomic mass is 19.1. The van der Waals surface area contributed by atoms with E-state index in [0.29, 0.717) is 37.0 Å². The lowest BCUT2D eigenvalue weighted by Crippen LogP contribution is -2.43. The largest absolute Gasteiger partial charge is 0.419 e. The van der Waals surface area contributed by atoms with Crippen molar-refractivity contribution in [2.24, 2.45) is 0 Å². The first-order valence-corrected chi connectivity index (χ1v) is 8.01. The lowest BCUT2D eigenvalue weighted by molar-refractivity contribution is -0.0422. The number of morpholine rings is 1. The number of rotatable bonds is 5. The summed E-state index contributed by atoms with van der Waals surface area (Å²) in [5.41, 5.74) is 0.700. The van der Waals surface area contributed by atoms with Gasteiger partial charge in [-0.05, 0) is 24.3 Å². The zero-order chi connectivity index (χ0) is 17.1. The Kier molecular flexibility index (Phi) is 4.49. The summed E-state index contributed by atoms with van der Waals surface area (Å²) in [6, 6.07) is 5.98. The van der Waals surface area contributed by atoms with Gasteiger partial charge in [0.15, 0.2) is 0 Å². The Bertz CT molecular complexity index is 804. The normalized spacial score (nSPS) is 18.5. The first-order valence-electron chi connectivity index (χ1n) is 8.01. The van der Waals surface area contributed by atoms with Crippen molar-refractivity contribution in [1.29, 1.82) is 0 Å². The van der Waals surface area contributed by atoms with Gasteiger partial charge in [0.2, 0.25) is 11.8 Å². The first-order chi connectivity index (χ1) is 12.3. The first kappa shape index (κ1) is 15.9. The van der Waals surface area contributed by atoms with E-state index in [1.807, 2.05) is 0 Å². The van der Waals surface area contributed by atoms with Crippen LogP contribution >= 0.6 is 0 Å². The second-order valence-corrected chi connectivity index (χ2v) is 5.85.